The quantitative estimate of drug-likeness (QED) is 0.859. The van der Waals surface area contributed by atoms with Crippen LogP contribution in [0.2, 0.25) is 5.02 Å². The molecule has 1 aromatic carbocycles. The molecule has 0 amide bonds. The van der Waals surface area contributed by atoms with Crippen LogP contribution >= 0.6 is 23.8 Å². The fourth-order valence-electron chi connectivity index (χ4n) is 2.79. The standard InChI is InChI=1S/C15H21ClN2S/c1-10(2)11-5-7-18(8-6-11)14-4-3-12(16)9-13(14)15(17)19/h3-4,9-11H,5-8H2,1-2H3,(H2,17,19). The molecule has 0 bridgehead atoms. The fourth-order valence-corrected chi connectivity index (χ4v) is 3.12. The van der Waals surface area contributed by atoms with Crippen LogP contribution in [0.1, 0.15) is 32.3 Å². The topological polar surface area (TPSA) is 29.3 Å². The van der Waals surface area contributed by atoms with Crippen molar-refractivity contribution in [1.29, 1.82) is 0 Å². The van der Waals surface area contributed by atoms with E-state index in [2.05, 4.69) is 18.7 Å². The first-order valence-corrected chi connectivity index (χ1v) is 7.62. The van der Waals surface area contributed by atoms with E-state index in [9.17, 15) is 0 Å². The maximum atomic E-state index is 6.03. The number of hydrogen-bond acceptors (Lipinski definition) is 2. The minimum absolute atomic E-state index is 0.420. The lowest BCUT2D eigenvalue weighted by molar-refractivity contribution is 0.311. The van der Waals surface area contributed by atoms with Crippen molar-refractivity contribution < 1.29 is 0 Å². The van der Waals surface area contributed by atoms with E-state index in [-0.39, 0.29) is 0 Å². The van der Waals surface area contributed by atoms with Gasteiger partial charge in [-0.1, -0.05) is 37.7 Å². The maximum Gasteiger partial charge on any atom is 0.106 e. The van der Waals surface area contributed by atoms with E-state index < -0.39 is 0 Å². The first-order chi connectivity index (χ1) is 8.99. The summed E-state index contributed by atoms with van der Waals surface area (Å²) in [6.07, 6.45) is 2.47. The molecule has 2 N–H and O–H groups in total. The smallest absolute Gasteiger partial charge is 0.106 e. The van der Waals surface area contributed by atoms with Crippen LogP contribution in [0.15, 0.2) is 18.2 Å². The average molecular weight is 297 g/mol. The van der Waals surface area contributed by atoms with Gasteiger partial charge in [0.05, 0.1) is 0 Å². The Morgan fingerprint density at radius 2 is 2.00 bits per heavy atom. The molecule has 0 unspecified atom stereocenters. The predicted octanol–water partition coefficient (Wildman–Crippen LogP) is 3.85. The van der Waals surface area contributed by atoms with E-state index in [4.69, 9.17) is 29.6 Å². The number of piperidine rings is 1. The van der Waals surface area contributed by atoms with Gasteiger partial charge in [-0.2, -0.15) is 0 Å². The van der Waals surface area contributed by atoms with Crippen LogP contribution in [0, 0.1) is 11.8 Å². The number of anilines is 1. The van der Waals surface area contributed by atoms with Gasteiger partial charge in [0.25, 0.3) is 0 Å². The molecular weight excluding hydrogens is 276 g/mol. The van der Waals surface area contributed by atoms with Crippen LogP contribution in [-0.2, 0) is 0 Å². The van der Waals surface area contributed by atoms with Crippen LogP contribution < -0.4 is 10.6 Å². The molecule has 19 heavy (non-hydrogen) atoms. The highest BCUT2D eigenvalue weighted by molar-refractivity contribution is 7.80. The molecule has 0 radical (unpaired) electrons. The molecule has 1 aliphatic rings. The second-order valence-electron chi connectivity index (χ2n) is 5.59. The molecule has 1 saturated heterocycles. The molecule has 1 fully saturated rings. The third kappa shape index (κ3) is 3.40. The number of benzene rings is 1. The van der Waals surface area contributed by atoms with Crippen LogP contribution in [0.4, 0.5) is 5.69 Å². The van der Waals surface area contributed by atoms with Crippen molar-refractivity contribution in [1.82, 2.24) is 0 Å². The summed E-state index contributed by atoms with van der Waals surface area (Å²) in [5, 5.41) is 0.684. The van der Waals surface area contributed by atoms with E-state index >= 15 is 0 Å². The monoisotopic (exact) mass is 296 g/mol. The molecule has 0 saturated carbocycles. The van der Waals surface area contributed by atoms with Gasteiger partial charge in [0, 0.05) is 29.4 Å². The third-order valence-electron chi connectivity index (χ3n) is 4.05. The molecule has 1 aliphatic heterocycles. The SMILES string of the molecule is CC(C)C1CCN(c2ccc(Cl)cc2C(N)=S)CC1. The summed E-state index contributed by atoms with van der Waals surface area (Å²) >= 11 is 11.2. The normalized spacial score (nSPS) is 16.9. The predicted molar refractivity (Wildman–Crippen MR) is 87.1 cm³/mol. The highest BCUT2D eigenvalue weighted by Crippen LogP contribution is 2.31. The van der Waals surface area contributed by atoms with Gasteiger partial charge < -0.3 is 10.6 Å². The average Bonchev–Trinajstić information content (AvgIpc) is 2.38. The van der Waals surface area contributed by atoms with Crippen molar-refractivity contribution in [3.8, 4) is 0 Å². The van der Waals surface area contributed by atoms with Crippen molar-refractivity contribution in [3.05, 3.63) is 28.8 Å². The van der Waals surface area contributed by atoms with Gasteiger partial charge in [-0.3, -0.25) is 0 Å². The Labute approximate surface area is 125 Å². The van der Waals surface area contributed by atoms with Gasteiger partial charge in [-0.25, -0.2) is 0 Å². The summed E-state index contributed by atoms with van der Waals surface area (Å²) in [7, 11) is 0. The van der Waals surface area contributed by atoms with Gasteiger partial charge in [-0.05, 0) is 42.9 Å². The Kier molecular flexibility index (Phi) is 4.69. The number of hydrogen-bond donors (Lipinski definition) is 1. The summed E-state index contributed by atoms with van der Waals surface area (Å²) in [5.41, 5.74) is 7.83. The lowest BCUT2D eigenvalue weighted by Crippen LogP contribution is -2.36. The molecule has 0 spiro atoms. The lowest BCUT2D eigenvalue weighted by atomic mass is 9.86. The number of nitrogens with two attached hydrogens (primary N) is 1. The van der Waals surface area contributed by atoms with Crippen LogP contribution in [0.3, 0.4) is 0 Å². The molecular formula is C15H21ClN2S. The fraction of sp³-hybridized carbons (Fsp3) is 0.533. The zero-order valence-corrected chi connectivity index (χ0v) is 13.1. The lowest BCUT2D eigenvalue weighted by Gasteiger charge is -2.36. The Morgan fingerprint density at radius 1 is 1.37 bits per heavy atom. The van der Waals surface area contributed by atoms with Crippen LogP contribution in [0.5, 0.6) is 0 Å². The number of nitrogens with zero attached hydrogens (tertiary/aromatic N) is 1. The van der Waals surface area contributed by atoms with E-state index in [0.717, 1.165) is 36.2 Å². The van der Waals surface area contributed by atoms with Crippen molar-refractivity contribution >= 4 is 34.5 Å². The molecule has 0 aliphatic carbocycles. The first-order valence-electron chi connectivity index (χ1n) is 6.83. The molecule has 1 heterocycles. The minimum Gasteiger partial charge on any atom is -0.389 e. The Bertz CT molecular complexity index is 465. The minimum atomic E-state index is 0.420. The summed E-state index contributed by atoms with van der Waals surface area (Å²) in [5.74, 6) is 1.60. The second kappa shape index (κ2) is 6.10. The zero-order valence-electron chi connectivity index (χ0n) is 11.5. The summed E-state index contributed by atoms with van der Waals surface area (Å²) in [4.78, 5) is 2.80. The molecule has 2 nitrogen and oxygen atoms in total. The molecule has 0 atom stereocenters. The summed E-state index contributed by atoms with van der Waals surface area (Å²) in [6.45, 7) is 6.76. The number of halogens is 1. The molecule has 2 rings (SSSR count). The van der Waals surface area contributed by atoms with Crippen molar-refractivity contribution in [2.45, 2.75) is 26.7 Å². The third-order valence-corrected chi connectivity index (χ3v) is 4.50. The number of rotatable bonds is 3. The number of thiocarbonyl (C=S) groups is 1. The highest BCUT2D eigenvalue weighted by atomic mass is 35.5. The summed E-state index contributed by atoms with van der Waals surface area (Å²) < 4.78 is 0. The summed E-state index contributed by atoms with van der Waals surface area (Å²) in [6, 6.07) is 5.81. The molecule has 4 heteroatoms. The largest absolute Gasteiger partial charge is 0.389 e. The van der Waals surface area contributed by atoms with E-state index in [0.29, 0.717) is 10.0 Å². The van der Waals surface area contributed by atoms with Crippen molar-refractivity contribution in [2.24, 2.45) is 17.6 Å². The molecule has 104 valence electrons. The van der Waals surface area contributed by atoms with Gasteiger partial charge in [0.2, 0.25) is 0 Å². The Hall–Kier alpha value is -0.800. The van der Waals surface area contributed by atoms with Gasteiger partial charge in [0.15, 0.2) is 0 Å². The Morgan fingerprint density at radius 3 is 2.53 bits per heavy atom. The molecule has 0 aromatic heterocycles. The van der Waals surface area contributed by atoms with Crippen LogP contribution in [-0.4, -0.2) is 18.1 Å². The highest BCUT2D eigenvalue weighted by Gasteiger charge is 2.23. The van der Waals surface area contributed by atoms with E-state index in [1.54, 1.807) is 0 Å². The van der Waals surface area contributed by atoms with E-state index in [1.165, 1.54) is 12.8 Å². The Balaban J connectivity index is 2.17. The molecule has 1 aromatic rings. The van der Waals surface area contributed by atoms with Crippen molar-refractivity contribution in [2.75, 3.05) is 18.0 Å². The van der Waals surface area contributed by atoms with Crippen molar-refractivity contribution in [3.63, 3.8) is 0 Å². The second-order valence-corrected chi connectivity index (χ2v) is 6.47. The van der Waals surface area contributed by atoms with E-state index in [1.807, 2.05) is 18.2 Å². The first kappa shape index (κ1) is 14.6. The van der Waals surface area contributed by atoms with Gasteiger partial charge in [-0.15, -0.1) is 0 Å². The van der Waals surface area contributed by atoms with Crippen LogP contribution in [0.25, 0.3) is 0 Å². The maximum absolute atomic E-state index is 6.03. The zero-order chi connectivity index (χ0) is 14.0. The van der Waals surface area contributed by atoms with Gasteiger partial charge >= 0.3 is 0 Å². The van der Waals surface area contributed by atoms with Gasteiger partial charge in [0.1, 0.15) is 4.99 Å².